The Bertz CT molecular complexity index is 1300. The van der Waals surface area contributed by atoms with E-state index in [0.717, 1.165) is 29.8 Å². The molecule has 0 aromatic rings. The summed E-state index contributed by atoms with van der Waals surface area (Å²) < 4.78 is 25.1. The molecule has 1 aliphatic carbocycles. The minimum Gasteiger partial charge on any atom is -0.346 e. The molecule has 1 unspecified atom stereocenters. The summed E-state index contributed by atoms with van der Waals surface area (Å²) in [4.78, 5) is 67.9. The summed E-state index contributed by atoms with van der Waals surface area (Å²) in [5.41, 5.74) is 0.531. The monoisotopic (exact) mass is 662 g/mol. The lowest BCUT2D eigenvalue weighted by Crippen LogP contribution is -2.59. The number of hydrogen-bond acceptors (Lipinski definition) is 7. The summed E-state index contributed by atoms with van der Waals surface area (Å²) in [5, 5.41) is 10.7. The highest BCUT2D eigenvalue weighted by atomic mass is 32.2. The fourth-order valence-electron chi connectivity index (χ4n) is 5.80. The van der Waals surface area contributed by atoms with Crippen LogP contribution in [0.4, 0.5) is 4.79 Å². The molecule has 5 atom stereocenters. The van der Waals surface area contributed by atoms with E-state index in [4.69, 9.17) is 6.42 Å². The number of nitrogens with one attached hydrogen (secondary N) is 4. The van der Waals surface area contributed by atoms with Crippen LogP contribution in [0, 0.1) is 24.2 Å². The van der Waals surface area contributed by atoms with Gasteiger partial charge in [-0.25, -0.2) is 17.5 Å². The van der Waals surface area contributed by atoms with Crippen LogP contribution in [0.25, 0.3) is 0 Å². The molecule has 256 valence electrons. The molecule has 5 amide bonds. The van der Waals surface area contributed by atoms with E-state index >= 15 is 0 Å². The second kappa shape index (κ2) is 17.9. The highest BCUT2D eigenvalue weighted by molar-refractivity contribution is 7.88. The van der Waals surface area contributed by atoms with Crippen molar-refractivity contribution in [2.45, 2.75) is 89.4 Å². The molecule has 46 heavy (non-hydrogen) atoms. The van der Waals surface area contributed by atoms with Crippen molar-refractivity contribution < 1.29 is 32.4 Å². The van der Waals surface area contributed by atoms with Gasteiger partial charge >= 0.3 is 6.03 Å². The zero-order valence-corrected chi connectivity index (χ0v) is 28.3. The molecule has 0 aromatic carbocycles. The smallest absolute Gasteiger partial charge is 0.315 e. The number of amides is 5. The van der Waals surface area contributed by atoms with Crippen molar-refractivity contribution in [3.05, 3.63) is 24.8 Å². The number of likely N-dealkylation sites (tertiary alicyclic amines) is 1. The molecule has 1 saturated carbocycles. The van der Waals surface area contributed by atoms with Gasteiger partial charge in [0.15, 0.2) is 0 Å². The first-order valence-corrected chi connectivity index (χ1v) is 17.6. The number of rotatable bonds is 16. The first-order chi connectivity index (χ1) is 21.6. The number of nitrogens with zero attached hydrogens (tertiary/aromatic N) is 2. The van der Waals surface area contributed by atoms with Crippen molar-refractivity contribution >= 4 is 39.6 Å². The summed E-state index contributed by atoms with van der Waals surface area (Å²) in [6.45, 7) is 11.3. The normalized spacial score (nSPS) is 20.5. The van der Waals surface area contributed by atoms with Crippen molar-refractivity contribution in [1.29, 1.82) is 0 Å². The third-order valence-corrected chi connectivity index (χ3v) is 9.80. The van der Waals surface area contributed by atoms with Gasteiger partial charge in [-0.1, -0.05) is 44.4 Å². The minimum absolute atomic E-state index is 0.0410. The molecule has 0 radical (unpaired) electrons. The van der Waals surface area contributed by atoms with Crippen molar-refractivity contribution in [2.75, 3.05) is 32.9 Å². The van der Waals surface area contributed by atoms with E-state index in [2.05, 4.69) is 40.3 Å². The maximum absolute atomic E-state index is 14.2. The van der Waals surface area contributed by atoms with Gasteiger partial charge in [0, 0.05) is 33.1 Å². The van der Waals surface area contributed by atoms with Gasteiger partial charge < -0.3 is 26.2 Å². The van der Waals surface area contributed by atoms with E-state index in [1.165, 1.54) is 18.0 Å². The summed E-state index contributed by atoms with van der Waals surface area (Å²) in [6.07, 6.45) is 12.6. The Labute approximate surface area is 273 Å². The number of Topliss-reactive ketones (excluding diaryl/α,β-unsaturated/α-hetero) is 1. The Morgan fingerprint density at radius 2 is 1.74 bits per heavy atom. The number of likely N-dealkylation sites (N-methyl/N-ethyl adjacent to an activating group) is 1. The zero-order chi connectivity index (χ0) is 34.6. The average Bonchev–Trinajstić information content (AvgIpc) is 3.41. The summed E-state index contributed by atoms with van der Waals surface area (Å²) >= 11 is 0. The predicted octanol–water partition coefficient (Wildman–Crippen LogP) is 1.08. The van der Waals surface area contributed by atoms with Gasteiger partial charge in [-0.3, -0.25) is 19.2 Å². The largest absolute Gasteiger partial charge is 0.346 e. The number of sulfonamides is 1. The van der Waals surface area contributed by atoms with Crippen LogP contribution in [-0.4, -0.2) is 104 Å². The Morgan fingerprint density at radius 1 is 1.09 bits per heavy atom. The molecule has 1 saturated heterocycles. The zero-order valence-electron chi connectivity index (χ0n) is 27.5. The van der Waals surface area contributed by atoms with Gasteiger partial charge in [-0.05, 0) is 44.4 Å². The van der Waals surface area contributed by atoms with Gasteiger partial charge in [0.2, 0.25) is 27.6 Å². The summed E-state index contributed by atoms with van der Waals surface area (Å²) in [5.74, 6) is -0.519. The van der Waals surface area contributed by atoms with E-state index in [0.29, 0.717) is 24.8 Å². The van der Waals surface area contributed by atoms with Gasteiger partial charge in [0.25, 0.3) is 5.91 Å². The molecule has 1 aliphatic heterocycles. The predicted molar refractivity (Wildman–Crippen MR) is 176 cm³/mol. The van der Waals surface area contributed by atoms with Crippen LogP contribution in [0.3, 0.4) is 0 Å². The molecule has 0 aromatic heterocycles. The fourth-order valence-corrected chi connectivity index (χ4v) is 6.22. The topological polar surface area (TPSA) is 174 Å². The Kier molecular flexibility index (Phi) is 14.9. The summed E-state index contributed by atoms with van der Waals surface area (Å²) in [7, 11) is -2.12. The van der Waals surface area contributed by atoms with Crippen molar-refractivity contribution in [3.63, 3.8) is 0 Å². The standard InChI is InChI=1S/C32H50N6O7S/c1-8-10-16-24(28(39)30(41)33-17-9-2)34-29(40)26-18-22(5)19-38(26)31(42)27(23-14-12-11-13-15-23)36-32(43)35-25(21(3)4)20-37(6)46(7,44)45/h1,9,22-27H,2-3,10-20H2,4-7H3,(H,33,41)(H,34,40)(H2,35,36,43)/t22-,24?,25-,26+,27+/m1/s1. The second-order valence-corrected chi connectivity index (χ2v) is 14.5. The van der Waals surface area contributed by atoms with Crippen LogP contribution < -0.4 is 21.3 Å². The first kappa shape index (κ1) is 38.5. The third-order valence-electron chi connectivity index (χ3n) is 8.52. The second-order valence-electron chi connectivity index (χ2n) is 12.5. The fraction of sp³-hybridized carbons (Fsp3) is 0.656. The molecule has 0 spiro atoms. The highest BCUT2D eigenvalue weighted by Crippen LogP contribution is 2.30. The van der Waals surface area contributed by atoms with Crippen LogP contribution in [0.15, 0.2) is 24.8 Å². The lowest BCUT2D eigenvalue weighted by Gasteiger charge is -2.35. The van der Waals surface area contributed by atoms with E-state index in [-0.39, 0.29) is 44.3 Å². The average molecular weight is 663 g/mol. The Balaban J connectivity index is 2.29. The van der Waals surface area contributed by atoms with Crippen molar-refractivity contribution in [3.8, 4) is 12.3 Å². The maximum Gasteiger partial charge on any atom is 0.315 e. The number of carbonyl (C=O) groups is 5. The molecule has 2 fully saturated rings. The van der Waals surface area contributed by atoms with E-state index < -0.39 is 63.7 Å². The van der Waals surface area contributed by atoms with Gasteiger partial charge in [-0.15, -0.1) is 18.9 Å². The van der Waals surface area contributed by atoms with Crippen LogP contribution >= 0.6 is 0 Å². The molecule has 0 bridgehead atoms. The number of ketones is 1. The molecule has 14 heteroatoms. The van der Waals surface area contributed by atoms with Gasteiger partial charge in [0.1, 0.15) is 12.1 Å². The van der Waals surface area contributed by atoms with E-state index in [1.807, 2.05) is 6.92 Å². The molecule has 1 heterocycles. The van der Waals surface area contributed by atoms with E-state index in [9.17, 15) is 32.4 Å². The third kappa shape index (κ3) is 11.3. The Morgan fingerprint density at radius 3 is 2.30 bits per heavy atom. The van der Waals surface area contributed by atoms with Crippen molar-refractivity contribution in [2.24, 2.45) is 11.8 Å². The molecule has 2 aliphatic rings. The summed E-state index contributed by atoms with van der Waals surface area (Å²) in [6, 6.07) is -4.42. The van der Waals surface area contributed by atoms with Crippen LogP contribution in [0.1, 0.15) is 65.2 Å². The van der Waals surface area contributed by atoms with Crippen LogP contribution in [0.5, 0.6) is 0 Å². The van der Waals surface area contributed by atoms with Crippen molar-refractivity contribution in [1.82, 2.24) is 30.5 Å². The minimum atomic E-state index is -3.52. The molecular weight excluding hydrogens is 612 g/mol. The highest BCUT2D eigenvalue weighted by Gasteiger charge is 2.44. The van der Waals surface area contributed by atoms with Crippen LogP contribution in [0.2, 0.25) is 0 Å². The van der Waals surface area contributed by atoms with E-state index in [1.54, 1.807) is 6.92 Å². The van der Waals surface area contributed by atoms with Crippen LogP contribution in [-0.2, 0) is 29.2 Å². The maximum atomic E-state index is 14.2. The Hall–Kier alpha value is -3.70. The lowest BCUT2D eigenvalue weighted by molar-refractivity contribution is -0.143. The molecule has 13 nitrogen and oxygen atoms in total. The van der Waals surface area contributed by atoms with Gasteiger partial charge in [-0.2, -0.15) is 0 Å². The lowest BCUT2D eigenvalue weighted by atomic mass is 9.83. The number of carbonyl (C=O) groups excluding carboxylic acids is 5. The number of terminal acetylenes is 1. The molecule has 2 rings (SSSR count). The SMILES string of the molecule is C#CCCC(NC(=O)[C@@H]1C[C@@H](C)CN1C(=O)[C@@H](NC(=O)N[C@H](CN(C)S(C)(=O)=O)C(=C)C)C1CCCCC1)C(=O)C(=O)NCC=C. The quantitative estimate of drug-likeness (QED) is 0.109. The number of urea groups is 1. The van der Waals surface area contributed by atoms with Gasteiger partial charge in [0.05, 0.1) is 18.3 Å². The number of hydrogen-bond donors (Lipinski definition) is 4. The molecule has 4 N–H and O–H groups in total. The molecular formula is C32H50N6O7S. The first-order valence-electron chi connectivity index (χ1n) is 15.7.